The minimum absolute atomic E-state index is 0.0846. The third-order valence-electron chi connectivity index (χ3n) is 10.1. The van der Waals surface area contributed by atoms with E-state index in [0.717, 1.165) is 70.6 Å². The molecular weight excluding hydrogens is 758 g/mol. The summed E-state index contributed by atoms with van der Waals surface area (Å²) in [5.74, 6) is -0.325. The molecule has 2 unspecified atom stereocenters. The van der Waals surface area contributed by atoms with Crippen LogP contribution in [0.4, 0.5) is 0 Å². The fraction of sp³-hybridized carbons (Fsp3) is 0.780. The quantitative estimate of drug-likeness (QED) is 0.0215. The number of carbonyl (C=O) groups excluding carboxylic acids is 1. The number of ether oxygens (including phenoxy) is 2. The number of esters is 1. The number of unbranched alkanes of at least 4 members (excludes halogenated alkanes) is 20. The largest absolute Gasteiger partial charge is 0.472 e. The summed E-state index contributed by atoms with van der Waals surface area (Å²) in [4.78, 5) is 22.9. The van der Waals surface area contributed by atoms with Gasteiger partial charge < -0.3 is 18.9 Å². The second-order valence-electron chi connectivity index (χ2n) is 17.1. The van der Waals surface area contributed by atoms with Gasteiger partial charge in [-0.1, -0.05) is 171 Å². The van der Waals surface area contributed by atoms with Crippen LogP contribution in [0.1, 0.15) is 194 Å². The van der Waals surface area contributed by atoms with Gasteiger partial charge in [0.05, 0.1) is 34.4 Å². The van der Waals surface area contributed by atoms with E-state index in [-0.39, 0.29) is 25.8 Å². The van der Waals surface area contributed by atoms with E-state index in [1.165, 1.54) is 103 Å². The van der Waals surface area contributed by atoms with E-state index in [0.29, 0.717) is 24.1 Å². The number of carbonyl (C=O) groups is 1. The van der Waals surface area contributed by atoms with E-state index in [4.69, 9.17) is 18.5 Å². The van der Waals surface area contributed by atoms with E-state index in [9.17, 15) is 14.3 Å². The molecular formula is C50H93NO7P+. The lowest BCUT2D eigenvalue weighted by Crippen LogP contribution is -2.37. The Morgan fingerprint density at radius 2 is 0.983 bits per heavy atom. The molecule has 344 valence electrons. The van der Waals surface area contributed by atoms with Crippen molar-refractivity contribution in [2.24, 2.45) is 0 Å². The van der Waals surface area contributed by atoms with Crippen LogP contribution < -0.4 is 0 Å². The molecule has 0 aliphatic carbocycles. The first kappa shape index (κ1) is 57.2. The molecule has 0 rings (SSSR count). The van der Waals surface area contributed by atoms with Gasteiger partial charge in [-0.25, -0.2) is 4.57 Å². The van der Waals surface area contributed by atoms with Crippen LogP contribution in [-0.4, -0.2) is 75.6 Å². The Morgan fingerprint density at radius 3 is 1.49 bits per heavy atom. The lowest BCUT2D eigenvalue weighted by Gasteiger charge is -2.24. The molecule has 0 saturated heterocycles. The first-order chi connectivity index (χ1) is 28.6. The van der Waals surface area contributed by atoms with Crippen LogP contribution in [0.3, 0.4) is 0 Å². The Balaban J connectivity index is 4.13. The monoisotopic (exact) mass is 851 g/mol. The molecule has 1 N–H and O–H groups in total. The number of phosphoric ester groups is 1. The Bertz CT molecular complexity index is 1130. The van der Waals surface area contributed by atoms with Crippen LogP contribution in [-0.2, 0) is 27.9 Å². The average Bonchev–Trinajstić information content (AvgIpc) is 3.19. The van der Waals surface area contributed by atoms with Crippen molar-refractivity contribution in [1.29, 1.82) is 0 Å². The van der Waals surface area contributed by atoms with Crippen molar-refractivity contribution in [2.45, 2.75) is 200 Å². The zero-order chi connectivity index (χ0) is 43.4. The zero-order valence-corrected chi connectivity index (χ0v) is 39.9. The van der Waals surface area contributed by atoms with Crippen molar-refractivity contribution in [1.82, 2.24) is 0 Å². The summed E-state index contributed by atoms with van der Waals surface area (Å²) < 4.78 is 35.1. The summed E-state index contributed by atoms with van der Waals surface area (Å²) in [6.45, 7) is 5.48. The third-order valence-corrected chi connectivity index (χ3v) is 11.0. The van der Waals surface area contributed by atoms with Gasteiger partial charge in [0.15, 0.2) is 0 Å². The molecule has 0 bridgehead atoms. The van der Waals surface area contributed by atoms with Gasteiger partial charge in [-0.3, -0.25) is 13.8 Å². The van der Waals surface area contributed by atoms with Gasteiger partial charge in [0.25, 0.3) is 0 Å². The molecule has 0 amide bonds. The molecule has 2 atom stereocenters. The first-order valence-corrected chi connectivity index (χ1v) is 25.5. The van der Waals surface area contributed by atoms with Crippen LogP contribution in [0.15, 0.2) is 60.8 Å². The molecule has 0 aliphatic rings. The molecule has 0 fully saturated rings. The van der Waals surface area contributed by atoms with Crippen LogP contribution in [0.2, 0.25) is 0 Å². The number of quaternary nitrogens is 1. The lowest BCUT2D eigenvalue weighted by molar-refractivity contribution is -0.870. The van der Waals surface area contributed by atoms with Gasteiger partial charge in [0.2, 0.25) is 0 Å². The number of rotatable bonds is 44. The highest BCUT2D eigenvalue weighted by Gasteiger charge is 2.26. The normalized spacial score (nSPS) is 14.2. The van der Waals surface area contributed by atoms with Crippen molar-refractivity contribution in [3.8, 4) is 0 Å². The van der Waals surface area contributed by atoms with Crippen molar-refractivity contribution in [2.75, 3.05) is 54.1 Å². The average molecular weight is 851 g/mol. The van der Waals surface area contributed by atoms with Gasteiger partial charge >= 0.3 is 13.8 Å². The van der Waals surface area contributed by atoms with Crippen molar-refractivity contribution in [3.63, 3.8) is 0 Å². The lowest BCUT2D eigenvalue weighted by atomic mass is 10.1. The zero-order valence-electron chi connectivity index (χ0n) is 39.0. The van der Waals surface area contributed by atoms with Gasteiger partial charge in [-0.2, -0.15) is 0 Å². The SMILES string of the molecule is CC/C=C\C/C=C\C/C=C\C/C=C\CCCCCCCCCCCCCOCC(COP(=O)(O)OCC[N+](C)(C)C)OC(=O)CCCCCCC/C=C\CCCCCC. The molecule has 9 heteroatoms. The number of hydrogen-bond donors (Lipinski definition) is 1. The highest BCUT2D eigenvalue weighted by atomic mass is 31.2. The first-order valence-electron chi connectivity index (χ1n) is 24.0. The van der Waals surface area contributed by atoms with Gasteiger partial charge in [0.1, 0.15) is 19.3 Å². The Labute approximate surface area is 364 Å². The molecule has 8 nitrogen and oxygen atoms in total. The highest BCUT2D eigenvalue weighted by Crippen LogP contribution is 2.43. The maximum absolute atomic E-state index is 12.7. The smallest absolute Gasteiger partial charge is 0.457 e. The predicted molar refractivity (Wildman–Crippen MR) is 252 cm³/mol. The van der Waals surface area contributed by atoms with Gasteiger partial charge in [-0.05, 0) is 77.0 Å². The maximum atomic E-state index is 12.7. The summed E-state index contributed by atoms with van der Waals surface area (Å²) in [7, 11) is 1.66. The van der Waals surface area contributed by atoms with Crippen LogP contribution in [0, 0.1) is 0 Å². The van der Waals surface area contributed by atoms with Gasteiger partial charge in [-0.15, -0.1) is 0 Å². The number of phosphoric acid groups is 1. The predicted octanol–water partition coefficient (Wildman–Crippen LogP) is 14.5. The molecule has 0 radical (unpaired) electrons. The van der Waals surface area contributed by atoms with E-state index in [2.05, 4.69) is 74.6 Å². The fourth-order valence-electron chi connectivity index (χ4n) is 6.36. The van der Waals surface area contributed by atoms with Crippen molar-refractivity contribution < 1.29 is 37.3 Å². The molecule has 0 aromatic carbocycles. The number of likely N-dealkylation sites (N-methyl/N-ethyl adjacent to an activating group) is 1. The minimum atomic E-state index is -4.28. The molecule has 0 saturated carbocycles. The fourth-order valence-corrected chi connectivity index (χ4v) is 7.10. The second kappa shape index (κ2) is 42.9. The minimum Gasteiger partial charge on any atom is -0.457 e. The third kappa shape index (κ3) is 47.1. The molecule has 0 spiro atoms. The van der Waals surface area contributed by atoms with Crippen molar-refractivity contribution >= 4 is 13.8 Å². The maximum Gasteiger partial charge on any atom is 0.472 e. The van der Waals surface area contributed by atoms with Crippen LogP contribution in [0.5, 0.6) is 0 Å². The number of allylic oxidation sites excluding steroid dienone is 10. The summed E-state index contributed by atoms with van der Waals surface area (Å²) in [5.41, 5.74) is 0. The molecule has 59 heavy (non-hydrogen) atoms. The topological polar surface area (TPSA) is 91.3 Å². The summed E-state index contributed by atoms with van der Waals surface area (Å²) in [6, 6.07) is 0. The Kier molecular flexibility index (Phi) is 41.6. The van der Waals surface area contributed by atoms with E-state index >= 15 is 0 Å². The summed E-state index contributed by atoms with van der Waals surface area (Å²) in [6.07, 6.45) is 54.0. The van der Waals surface area contributed by atoms with Crippen molar-refractivity contribution in [3.05, 3.63) is 60.8 Å². The summed E-state index contributed by atoms with van der Waals surface area (Å²) in [5, 5.41) is 0. The highest BCUT2D eigenvalue weighted by molar-refractivity contribution is 7.47. The standard InChI is InChI=1S/C50H92NO7P/c1-6-8-10-12-14-16-18-20-21-22-23-24-25-26-27-28-29-30-32-34-36-38-40-42-45-55-47-49(48-57-59(53,54)56-46-44-51(3,4)5)58-50(52)43-41-39-37-35-33-31-19-17-15-13-11-9-7-2/h8,10,14,16-17,19-21,23-24,49H,6-7,9,11-13,15,18,22,25-48H2,1-5H3/p+1/b10-8-,16-14-,19-17-,21-20-,24-23-. The Hall–Kier alpha value is -1.80. The number of nitrogens with zero attached hydrogens (tertiary/aromatic N) is 1. The second-order valence-corrected chi connectivity index (χ2v) is 18.6. The molecule has 0 aromatic heterocycles. The van der Waals surface area contributed by atoms with E-state index in [1.54, 1.807) is 0 Å². The summed E-state index contributed by atoms with van der Waals surface area (Å²) >= 11 is 0. The molecule has 0 heterocycles. The van der Waals surface area contributed by atoms with Crippen LogP contribution >= 0.6 is 7.82 Å². The molecule has 0 aliphatic heterocycles. The van der Waals surface area contributed by atoms with Gasteiger partial charge in [0, 0.05) is 13.0 Å². The van der Waals surface area contributed by atoms with E-state index in [1.807, 2.05) is 21.1 Å². The molecule has 0 aromatic rings. The van der Waals surface area contributed by atoms with E-state index < -0.39 is 13.9 Å². The van der Waals surface area contributed by atoms with Crippen LogP contribution in [0.25, 0.3) is 0 Å². The number of hydrogen-bond acceptors (Lipinski definition) is 6. The Morgan fingerprint density at radius 1 is 0.542 bits per heavy atom.